The van der Waals surface area contributed by atoms with Crippen LogP contribution in [-0.2, 0) is 29.3 Å². The molecule has 1 aliphatic rings. The third kappa shape index (κ3) is 7.31. The molecule has 0 radical (unpaired) electrons. The molecule has 0 spiro atoms. The minimum atomic E-state index is -0.228. The van der Waals surface area contributed by atoms with E-state index in [0.717, 1.165) is 41.0 Å². The van der Waals surface area contributed by atoms with Gasteiger partial charge < -0.3 is 19.7 Å². The van der Waals surface area contributed by atoms with Gasteiger partial charge in [0, 0.05) is 25.7 Å². The second-order valence-electron chi connectivity index (χ2n) is 9.02. The third-order valence-electron chi connectivity index (χ3n) is 6.42. The summed E-state index contributed by atoms with van der Waals surface area (Å²) in [5, 5.41) is 3.43. The number of methoxy groups -OCH3 is 2. The van der Waals surface area contributed by atoms with E-state index in [4.69, 9.17) is 14.3 Å². The van der Waals surface area contributed by atoms with Gasteiger partial charge in [0.05, 0.1) is 26.9 Å². The van der Waals surface area contributed by atoms with Gasteiger partial charge in [-0.2, -0.15) is 5.48 Å². The van der Waals surface area contributed by atoms with E-state index in [1.807, 2.05) is 83.8 Å². The van der Waals surface area contributed by atoms with Crippen molar-refractivity contribution in [2.75, 3.05) is 20.8 Å². The van der Waals surface area contributed by atoms with Crippen molar-refractivity contribution in [2.24, 2.45) is 0 Å². The lowest BCUT2D eigenvalue weighted by Gasteiger charge is -2.33. The molecule has 0 unspecified atom stereocenters. The Balaban J connectivity index is 1.35. The lowest BCUT2D eigenvalue weighted by molar-refractivity contribution is -0.135. The fraction of sp³-hybridized carbons (Fsp3) is 0.345. The Labute approximate surface area is 213 Å². The summed E-state index contributed by atoms with van der Waals surface area (Å²) < 4.78 is 10.6. The van der Waals surface area contributed by atoms with E-state index in [2.05, 4.69) is 10.8 Å². The molecule has 7 heteroatoms. The molecule has 7 nitrogen and oxygen atoms in total. The average molecular weight is 490 g/mol. The van der Waals surface area contributed by atoms with Crippen molar-refractivity contribution in [3.8, 4) is 11.5 Å². The fourth-order valence-electron chi connectivity index (χ4n) is 4.32. The van der Waals surface area contributed by atoms with E-state index in [9.17, 15) is 4.79 Å². The monoisotopic (exact) mass is 489 g/mol. The predicted octanol–water partition coefficient (Wildman–Crippen LogP) is 4.07. The highest BCUT2D eigenvalue weighted by molar-refractivity contribution is 5.82. The Kier molecular flexibility index (Phi) is 9.33. The maximum Gasteiger partial charge on any atom is 0.240 e. The highest BCUT2D eigenvalue weighted by Crippen LogP contribution is 2.19. The summed E-state index contributed by atoms with van der Waals surface area (Å²) in [5.74, 6) is 1.70. The van der Waals surface area contributed by atoms with E-state index >= 15 is 0 Å². The first-order valence-corrected chi connectivity index (χ1v) is 12.3. The zero-order valence-electron chi connectivity index (χ0n) is 21.0. The molecule has 3 aromatic carbocycles. The summed E-state index contributed by atoms with van der Waals surface area (Å²) in [5.41, 5.74) is 6.38. The van der Waals surface area contributed by atoms with Gasteiger partial charge in [-0.05, 0) is 53.8 Å². The highest BCUT2D eigenvalue weighted by atomic mass is 16.6. The maximum atomic E-state index is 13.6. The molecule has 1 aliphatic heterocycles. The lowest BCUT2D eigenvalue weighted by atomic mass is 9.99. The molecule has 0 saturated carbocycles. The number of carbonyl (C=O) groups excluding carboxylic acids is 1. The van der Waals surface area contributed by atoms with Crippen LogP contribution >= 0.6 is 0 Å². The second-order valence-corrected chi connectivity index (χ2v) is 9.02. The minimum Gasteiger partial charge on any atom is -0.497 e. The van der Waals surface area contributed by atoms with Gasteiger partial charge in [-0.1, -0.05) is 54.6 Å². The first kappa shape index (κ1) is 25.7. The second kappa shape index (κ2) is 13.1. The van der Waals surface area contributed by atoms with Crippen molar-refractivity contribution < 1.29 is 19.1 Å². The molecule has 0 bridgehead atoms. The van der Waals surface area contributed by atoms with Gasteiger partial charge in [0.2, 0.25) is 5.91 Å². The molecular formula is C29H35N3O4. The molecular weight excluding hydrogens is 454 g/mol. The van der Waals surface area contributed by atoms with Crippen LogP contribution in [-0.4, -0.2) is 43.7 Å². The van der Waals surface area contributed by atoms with Gasteiger partial charge in [0.25, 0.3) is 0 Å². The molecule has 1 heterocycles. The molecule has 2 N–H and O–H groups in total. The topological polar surface area (TPSA) is 72.1 Å². The van der Waals surface area contributed by atoms with Crippen LogP contribution in [0, 0.1) is 0 Å². The number of benzene rings is 3. The number of hydrogen-bond donors (Lipinski definition) is 2. The summed E-state index contributed by atoms with van der Waals surface area (Å²) in [6, 6.07) is 25.7. The zero-order chi connectivity index (χ0) is 25.2. The van der Waals surface area contributed by atoms with E-state index in [1.54, 1.807) is 14.2 Å². The van der Waals surface area contributed by atoms with Crippen LogP contribution in [0.15, 0.2) is 78.9 Å². The van der Waals surface area contributed by atoms with Crippen LogP contribution in [0.2, 0.25) is 0 Å². The quantitative estimate of drug-likeness (QED) is 0.396. The Morgan fingerprint density at radius 3 is 1.92 bits per heavy atom. The first-order valence-electron chi connectivity index (χ1n) is 12.3. The van der Waals surface area contributed by atoms with Gasteiger partial charge >= 0.3 is 0 Å². The molecule has 2 atom stereocenters. The number of carbonyl (C=O) groups is 1. The van der Waals surface area contributed by atoms with Crippen LogP contribution in [0.25, 0.3) is 0 Å². The van der Waals surface area contributed by atoms with E-state index in [1.165, 1.54) is 0 Å². The Bertz CT molecular complexity index is 1020. The number of amides is 1. The number of nitrogens with zero attached hydrogens (tertiary/aromatic N) is 1. The van der Waals surface area contributed by atoms with E-state index in [-0.39, 0.29) is 18.0 Å². The molecule has 1 fully saturated rings. The number of ether oxygens (including phenoxy) is 2. The summed E-state index contributed by atoms with van der Waals surface area (Å²) in [7, 11) is 3.30. The molecule has 3 aromatic rings. The van der Waals surface area contributed by atoms with Gasteiger partial charge in [0.1, 0.15) is 11.5 Å². The lowest BCUT2D eigenvalue weighted by Crippen LogP contribution is -2.54. The molecule has 0 aromatic heterocycles. The molecule has 4 rings (SSSR count). The number of hydrogen-bond acceptors (Lipinski definition) is 6. The van der Waals surface area contributed by atoms with Crippen molar-refractivity contribution in [3.05, 3.63) is 95.6 Å². The molecule has 1 amide bonds. The smallest absolute Gasteiger partial charge is 0.240 e. The Hall–Kier alpha value is -3.39. The minimum absolute atomic E-state index is 0.102. The van der Waals surface area contributed by atoms with Crippen LogP contribution in [0.1, 0.15) is 29.5 Å². The number of piperidine rings is 1. The Morgan fingerprint density at radius 2 is 1.42 bits per heavy atom. The number of rotatable bonds is 11. The first-order chi connectivity index (χ1) is 17.6. The summed E-state index contributed by atoms with van der Waals surface area (Å²) in [4.78, 5) is 21.2. The van der Waals surface area contributed by atoms with Gasteiger partial charge in [-0.15, -0.1) is 0 Å². The normalized spacial score (nSPS) is 17.4. The van der Waals surface area contributed by atoms with Crippen molar-refractivity contribution in [1.82, 2.24) is 15.7 Å². The van der Waals surface area contributed by atoms with Gasteiger partial charge in [0.15, 0.2) is 0 Å². The summed E-state index contributed by atoms with van der Waals surface area (Å²) in [6.45, 7) is 2.23. The molecule has 1 saturated heterocycles. The predicted molar refractivity (Wildman–Crippen MR) is 139 cm³/mol. The Morgan fingerprint density at radius 1 is 0.833 bits per heavy atom. The van der Waals surface area contributed by atoms with Crippen molar-refractivity contribution >= 4 is 5.91 Å². The number of hydroxylamine groups is 1. The third-order valence-corrected chi connectivity index (χ3v) is 6.42. The molecule has 36 heavy (non-hydrogen) atoms. The van der Waals surface area contributed by atoms with E-state index < -0.39 is 0 Å². The van der Waals surface area contributed by atoms with Crippen molar-refractivity contribution in [1.29, 1.82) is 0 Å². The number of nitrogens with one attached hydrogen (secondary N) is 2. The van der Waals surface area contributed by atoms with Crippen LogP contribution in [0.3, 0.4) is 0 Å². The average Bonchev–Trinajstić information content (AvgIpc) is 2.94. The van der Waals surface area contributed by atoms with Gasteiger partial charge in [-0.25, -0.2) is 0 Å². The van der Waals surface area contributed by atoms with E-state index in [0.29, 0.717) is 26.2 Å². The van der Waals surface area contributed by atoms with Crippen LogP contribution in [0.4, 0.5) is 0 Å². The zero-order valence-corrected chi connectivity index (χ0v) is 21.0. The van der Waals surface area contributed by atoms with Crippen molar-refractivity contribution in [3.63, 3.8) is 0 Å². The summed E-state index contributed by atoms with van der Waals surface area (Å²) >= 11 is 0. The van der Waals surface area contributed by atoms with Crippen molar-refractivity contribution in [2.45, 2.75) is 44.6 Å². The highest BCUT2D eigenvalue weighted by Gasteiger charge is 2.29. The maximum absolute atomic E-state index is 13.6. The van der Waals surface area contributed by atoms with Gasteiger partial charge in [-0.3, -0.25) is 9.63 Å². The fourth-order valence-corrected chi connectivity index (χ4v) is 4.32. The molecule has 190 valence electrons. The van der Waals surface area contributed by atoms with Crippen LogP contribution < -0.4 is 20.3 Å². The largest absolute Gasteiger partial charge is 0.497 e. The molecule has 0 aliphatic carbocycles. The SMILES string of the molecule is COc1ccc(CN(Cc2ccc(OC)cc2)C(=O)[C@@H]2CC[C@@H](NOCc3ccccc3)CN2)cc1. The standard InChI is InChI=1S/C29H35N3O4/c1-34-26-13-8-22(9-14-26)19-32(20-23-10-15-27(35-2)16-11-23)29(33)28-17-12-25(18-30-28)31-36-21-24-6-4-3-5-7-24/h3-11,13-16,25,28,30-31H,12,17-21H2,1-2H3/t25-,28+/m1/s1. The van der Waals surface area contributed by atoms with Crippen LogP contribution in [0.5, 0.6) is 11.5 Å². The summed E-state index contributed by atoms with van der Waals surface area (Å²) in [6.07, 6.45) is 1.60.